The molecule has 0 aromatic heterocycles. The van der Waals surface area contributed by atoms with E-state index in [-0.39, 0.29) is 12.8 Å². The number of hydrogen-bond donors (Lipinski definition) is 7. The summed E-state index contributed by atoms with van der Waals surface area (Å²) in [5, 5.41) is 60.3. The lowest BCUT2D eigenvalue weighted by Gasteiger charge is -2.41. The molecule has 1 rings (SSSR count). The van der Waals surface area contributed by atoms with Crippen LogP contribution >= 0.6 is 7.82 Å². The minimum Gasteiger partial charge on any atom is -0.462 e. The van der Waals surface area contributed by atoms with Crippen molar-refractivity contribution < 1.29 is 68.2 Å². The summed E-state index contributed by atoms with van der Waals surface area (Å²) in [5.41, 5.74) is 0. The van der Waals surface area contributed by atoms with Crippen molar-refractivity contribution in [1.29, 1.82) is 0 Å². The van der Waals surface area contributed by atoms with Gasteiger partial charge in [-0.2, -0.15) is 0 Å². The minimum absolute atomic E-state index is 0.0469. The van der Waals surface area contributed by atoms with Crippen molar-refractivity contribution in [2.75, 3.05) is 13.2 Å². The zero-order valence-corrected chi connectivity index (χ0v) is 38.1. The summed E-state index contributed by atoms with van der Waals surface area (Å²) in [5.74, 6) is -1.21. The van der Waals surface area contributed by atoms with Gasteiger partial charge in [0.2, 0.25) is 0 Å². The molecule has 1 aliphatic rings. The van der Waals surface area contributed by atoms with Crippen LogP contribution in [0.5, 0.6) is 0 Å². The summed E-state index contributed by atoms with van der Waals surface area (Å²) < 4.78 is 33.4. The summed E-state index contributed by atoms with van der Waals surface area (Å²) in [6.07, 6.45) is 28.2. The Morgan fingerprint density at radius 2 is 1.11 bits per heavy atom. The van der Waals surface area contributed by atoms with Crippen molar-refractivity contribution in [2.24, 2.45) is 0 Å². The Hall–Kier alpha value is -2.75. The second-order valence-electron chi connectivity index (χ2n) is 15.7. The van der Waals surface area contributed by atoms with E-state index < -0.39 is 81.8 Å². The lowest BCUT2D eigenvalue weighted by Crippen LogP contribution is -2.64. The third kappa shape index (κ3) is 28.8. The molecule has 0 saturated heterocycles. The van der Waals surface area contributed by atoms with Gasteiger partial charge in [-0.1, -0.05) is 138 Å². The van der Waals surface area contributed by atoms with Crippen molar-refractivity contribution in [2.45, 2.75) is 198 Å². The van der Waals surface area contributed by atoms with Gasteiger partial charge in [-0.25, -0.2) is 4.57 Å². The monoisotopic (exact) mass is 899 g/mol. The zero-order valence-electron chi connectivity index (χ0n) is 37.2. The predicted molar refractivity (Wildman–Crippen MR) is 241 cm³/mol. The first kappa shape index (κ1) is 57.3. The molecular formula is C47H79O14P. The molecule has 0 bridgehead atoms. The molecule has 356 valence electrons. The first-order valence-corrected chi connectivity index (χ1v) is 24.3. The fourth-order valence-electron chi connectivity index (χ4n) is 6.42. The summed E-state index contributed by atoms with van der Waals surface area (Å²) in [6.45, 7) is 3.02. The summed E-state index contributed by atoms with van der Waals surface area (Å²) >= 11 is 0. The zero-order chi connectivity index (χ0) is 45.9. The molecule has 0 aromatic carbocycles. The number of aliphatic hydroxyl groups is 6. The van der Waals surface area contributed by atoms with E-state index in [4.69, 9.17) is 18.5 Å². The van der Waals surface area contributed by atoms with E-state index in [2.05, 4.69) is 62.5 Å². The van der Waals surface area contributed by atoms with Crippen LogP contribution in [0.1, 0.15) is 149 Å². The second kappa shape index (κ2) is 36.6. The molecule has 0 aromatic rings. The molecule has 7 N–H and O–H groups in total. The van der Waals surface area contributed by atoms with E-state index in [1.807, 2.05) is 18.2 Å². The minimum atomic E-state index is -5.15. The predicted octanol–water partition coefficient (Wildman–Crippen LogP) is 7.69. The van der Waals surface area contributed by atoms with Crippen LogP contribution in [0.4, 0.5) is 0 Å². The van der Waals surface area contributed by atoms with Gasteiger partial charge in [0.1, 0.15) is 43.2 Å². The molecule has 1 saturated carbocycles. The molecule has 1 fully saturated rings. The molecule has 15 heteroatoms. The summed E-state index contributed by atoms with van der Waals surface area (Å²) in [6, 6.07) is 0. The average Bonchev–Trinajstić information content (AvgIpc) is 3.25. The Kier molecular flexibility index (Phi) is 33.8. The molecule has 0 spiro atoms. The van der Waals surface area contributed by atoms with Gasteiger partial charge in [0.15, 0.2) is 6.10 Å². The van der Waals surface area contributed by atoms with Crippen LogP contribution in [-0.4, -0.2) is 110 Å². The quantitative estimate of drug-likeness (QED) is 0.0105. The number of carbonyl (C=O) groups excluding carboxylic acids is 2. The number of aliphatic hydroxyl groups excluding tert-OH is 6. The van der Waals surface area contributed by atoms with Crippen molar-refractivity contribution in [3.63, 3.8) is 0 Å². The SMILES string of the molecule is CC/C=C/C/C=C/C=C/C(O)CCCCCCCC(=O)OC[C@H](COP(=O)(O)OC1[C@H](O)[C@H](O)C(O)[C@H](O)[C@H]1O)OC(=O)CCCCCC/C=C\C/C=C\C/C=C\CCCCC. The largest absolute Gasteiger partial charge is 0.472 e. The summed E-state index contributed by atoms with van der Waals surface area (Å²) in [4.78, 5) is 35.7. The fraction of sp³-hybridized carbons (Fsp3) is 0.702. The van der Waals surface area contributed by atoms with E-state index >= 15 is 0 Å². The van der Waals surface area contributed by atoms with Crippen LogP contribution in [0.3, 0.4) is 0 Å². The van der Waals surface area contributed by atoms with Gasteiger partial charge in [-0.15, -0.1) is 0 Å². The van der Waals surface area contributed by atoms with Crippen LogP contribution in [0.2, 0.25) is 0 Å². The molecule has 0 radical (unpaired) electrons. The normalized spacial score (nSPS) is 23.0. The Morgan fingerprint density at radius 1 is 0.597 bits per heavy atom. The smallest absolute Gasteiger partial charge is 0.462 e. The van der Waals surface area contributed by atoms with Crippen molar-refractivity contribution in [1.82, 2.24) is 0 Å². The number of allylic oxidation sites excluding steroid dienone is 11. The molecule has 1 aliphatic carbocycles. The van der Waals surface area contributed by atoms with Gasteiger partial charge in [-0.3, -0.25) is 18.6 Å². The van der Waals surface area contributed by atoms with Crippen LogP contribution < -0.4 is 0 Å². The number of phosphoric acid groups is 1. The number of carbonyl (C=O) groups is 2. The highest BCUT2D eigenvalue weighted by Gasteiger charge is 2.51. The van der Waals surface area contributed by atoms with Gasteiger partial charge < -0.3 is 45.0 Å². The number of phosphoric ester groups is 1. The first-order chi connectivity index (χ1) is 29.8. The number of esters is 2. The number of hydrogen-bond acceptors (Lipinski definition) is 13. The lowest BCUT2D eigenvalue weighted by molar-refractivity contribution is -0.220. The maximum absolute atomic E-state index is 12.8. The van der Waals surface area contributed by atoms with Gasteiger partial charge in [0, 0.05) is 12.8 Å². The van der Waals surface area contributed by atoms with Crippen LogP contribution in [0.15, 0.2) is 72.9 Å². The van der Waals surface area contributed by atoms with E-state index in [0.717, 1.165) is 83.5 Å². The van der Waals surface area contributed by atoms with Gasteiger partial charge >= 0.3 is 19.8 Å². The Balaban J connectivity index is 2.53. The van der Waals surface area contributed by atoms with Crippen LogP contribution in [0.25, 0.3) is 0 Å². The second-order valence-corrected chi connectivity index (χ2v) is 17.1. The Morgan fingerprint density at radius 3 is 1.74 bits per heavy atom. The molecule has 0 amide bonds. The van der Waals surface area contributed by atoms with E-state index in [9.17, 15) is 49.7 Å². The van der Waals surface area contributed by atoms with E-state index in [1.165, 1.54) is 19.3 Å². The van der Waals surface area contributed by atoms with Crippen molar-refractivity contribution in [3.8, 4) is 0 Å². The average molecular weight is 899 g/mol. The third-order valence-corrected chi connectivity index (χ3v) is 11.1. The molecule has 0 heterocycles. The standard InChI is InChI=1S/C47H79O14P/c1-3-5-7-9-11-12-13-14-15-16-17-18-19-20-22-26-31-35-41(50)60-39(37-59-62(56,57)61-47-45(54)43(52)42(51)44(53)46(47)55)36-58-40(49)34-30-27-23-25-29-33-38(48)32-28-24-21-10-8-6-4-2/h6,8,11-12,14-15,17-18,21,24,28,32,38-39,42-48,51-55H,3-5,7,9-10,13,16,19-20,22-23,25-27,29-31,33-37H2,1-2H3,(H,56,57)/b8-6+,12-11-,15-14-,18-17-,24-21+,32-28+/t38?,39-,42?,43-,44+,45-,46-,47?/m1/s1. The molecule has 62 heavy (non-hydrogen) atoms. The van der Waals surface area contributed by atoms with Crippen molar-refractivity contribution in [3.05, 3.63) is 72.9 Å². The van der Waals surface area contributed by atoms with Gasteiger partial charge in [0.25, 0.3) is 0 Å². The van der Waals surface area contributed by atoms with Gasteiger partial charge in [0.05, 0.1) is 12.7 Å². The van der Waals surface area contributed by atoms with E-state index in [0.29, 0.717) is 19.3 Å². The van der Waals surface area contributed by atoms with E-state index in [1.54, 1.807) is 6.08 Å². The molecule has 14 nitrogen and oxygen atoms in total. The number of rotatable bonds is 36. The van der Waals surface area contributed by atoms with Crippen LogP contribution in [-0.2, 0) is 32.7 Å². The maximum atomic E-state index is 12.8. The highest BCUT2D eigenvalue weighted by atomic mass is 31.2. The molecule has 4 unspecified atom stereocenters. The first-order valence-electron chi connectivity index (χ1n) is 22.8. The highest BCUT2D eigenvalue weighted by molar-refractivity contribution is 7.47. The third-order valence-electron chi connectivity index (χ3n) is 10.1. The topological polar surface area (TPSA) is 230 Å². The number of ether oxygens (including phenoxy) is 2. The molecule has 9 atom stereocenters. The Labute approximate surface area is 370 Å². The fourth-order valence-corrected chi connectivity index (χ4v) is 7.39. The highest BCUT2D eigenvalue weighted by Crippen LogP contribution is 2.47. The Bertz CT molecular complexity index is 1380. The lowest BCUT2D eigenvalue weighted by atomic mass is 9.85. The van der Waals surface area contributed by atoms with Crippen molar-refractivity contribution >= 4 is 19.8 Å². The molecular weight excluding hydrogens is 819 g/mol. The van der Waals surface area contributed by atoms with Gasteiger partial charge in [-0.05, 0) is 70.6 Å². The summed E-state index contributed by atoms with van der Waals surface area (Å²) in [7, 11) is -5.15. The molecule has 0 aliphatic heterocycles. The number of unbranched alkanes of at least 4 members (excludes halogenated alkanes) is 11. The maximum Gasteiger partial charge on any atom is 0.472 e. The van der Waals surface area contributed by atoms with Crippen LogP contribution in [0, 0.1) is 0 Å².